The second-order valence-electron chi connectivity index (χ2n) is 14.6. The van der Waals surface area contributed by atoms with Crippen molar-refractivity contribution in [2.75, 3.05) is 0 Å². The zero-order chi connectivity index (χ0) is 38.1. The van der Waals surface area contributed by atoms with Crippen molar-refractivity contribution in [1.29, 1.82) is 0 Å². The van der Waals surface area contributed by atoms with Gasteiger partial charge in [-0.2, -0.15) is 0 Å². The highest BCUT2D eigenvalue weighted by Crippen LogP contribution is 2.38. The fraction of sp³-hybridized carbons (Fsp3) is 0. The number of hydrogen-bond acceptors (Lipinski definition) is 2. The number of thiophene rings is 1. The van der Waals surface area contributed by atoms with Gasteiger partial charge in [-0.25, -0.2) is 0 Å². The molecule has 8 aromatic carbocycles. The lowest BCUT2D eigenvalue weighted by atomic mass is 10.1. The molecule has 0 bridgehead atoms. The Morgan fingerprint density at radius 1 is 0.333 bits per heavy atom. The molecule has 0 amide bonds. The van der Waals surface area contributed by atoms with E-state index in [1.807, 2.05) is 17.5 Å². The van der Waals surface area contributed by atoms with E-state index >= 15 is 0 Å². The lowest BCUT2D eigenvalue weighted by Crippen LogP contribution is -2.74. The van der Waals surface area contributed by atoms with E-state index < -0.39 is 16.1 Å². The summed E-state index contributed by atoms with van der Waals surface area (Å²) in [5.41, 5.74) is 3.50. The predicted molar refractivity (Wildman–Crippen MR) is 250 cm³/mol. The molecule has 0 spiro atoms. The Kier molecular flexibility index (Phi) is 9.15. The molecule has 0 unspecified atom stereocenters. The summed E-state index contributed by atoms with van der Waals surface area (Å²) < 4.78 is 2.48. The van der Waals surface area contributed by atoms with E-state index in [1.165, 1.54) is 67.4 Å². The maximum absolute atomic E-state index is 5.15. The van der Waals surface area contributed by atoms with Crippen LogP contribution in [0.5, 0.6) is 0 Å². The molecular formula is C53H39NSSi2. The van der Waals surface area contributed by atoms with Gasteiger partial charge in [0.1, 0.15) is 0 Å². The number of rotatable bonds is 9. The first-order chi connectivity index (χ1) is 28.3. The SMILES string of the molecule is c1ccc([Si](c2ccccc2)(c2ccccc2)c2cccc(-c3ccnc4c3sc3ccc([Si](c5ccccc5)(c5ccccc5)c5ccccc5)cc34)c2)cc1. The molecule has 10 aromatic rings. The lowest BCUT2D eigenvalue weighted by Gasteiger charge is -2.34. The normalized spacial score (nSPS) is 11.9. The van der Waals surface area contributed by atoms with Crippen molar-refractivity contribution in [2.24, 2.45) is 0 Å². The molecule has 0 N–H and O–H groups in total. The van der Waals surface area contributed by atoms with Gasteiger partial charge in [-0.1, -0.05) is 218 Å². The maximum atomic E-state index is 5.15. The molecule has 1 nitrogen and oxygen atoms in total. The third-order valence-electron chi connectivity index (χ3n) is 11.6. The summed E-state index contributed by atoms with van der Waals surface area (Å²) in [4.78, 5) is 5.15. The minimum absolute atomic E-state index is 1.06. The molecule has 2 heterocycles. The Hall–Kier alpha value is -6.44. The number of aromatic nitrogens is 1. The van der Waals surface area contributed by atoms with E-state index in [0.717, 1.165) is 5.52 Å². The van der Waals surface area contributed by atoms with Gasteiger partial charge in [0.05, 0.1) is 10.2 Å². The Morgan fingerprint density at radius 3 is 1.14 bits per heavy atom. The van der Waals surface area contributed by atoms with E-state index in [2.05, 4.69) is 231 Å². The van der Waals surface area contributed by atoms with Gasteiger partial charge in [-0.15, -0.1) is 11.3 Å². The molecule has 57 heavy (non-hydrogen) atoms. The molecule has 0 saturated carbocycles. The van der Waals surface area contributed by atoms with Crippen molar-refractivity contribution in [2.45, 2.75) is 0 Å². The predicted octanol–water partition coefficient (Wildman–Crippen LogP) is 7.87. The van der Waals surface area contributed by atoms with Crippen LogP contribution in [0.3, 0.4) is 0 Å². The second-order valence-corrected chi connectivity index (χ2v) is 23.3. The molecule has 270 valence electrons. The minimum Gasteiger partial charge on any atom is -0.255 e. The summed E-state index contributed by atoms with van der Waals surface area (Å²) in [6.45, 7) is 0. The molecule has 0 atom stereocenters. The van der Waals surface area contributed by atoms with Crippen molar-refractivity contribution in [1.82, 2.24) is 4.98 Å². The van der Waals surface area contributed by atoms with Gasteiger partial charge in [-0.05, 0) is 59.2 Å². The Morgan fingerprint density at radius 2 is 0.719 bits per heavy atom. The standard InChI is InChI=1S/C53H39NSSi2/c1-7-21-41(22-8-1)56(42-23-9-2-10-24-42,43-25-11-3-12-26-43)47-33-19-20-40(38-47)49-36-37-54-52-50-39-48(34-35-51(50)55-53(49)52)57(44-27-13-4-14-28-44,45-29-15-5-16-30-45)46-31-17-6-18-32-46/h1-39H. The molecule has 0 aliphatic rings. The highest BCUT2D eigenvalue weighted by molar-refractivity contribution is 7.26. The van der Waals surface area contributed by atoms with Gasteiger partial charge in [0.25, 0.3) is 0 Å². The lowest BCUT2D eigenvalue weighted by molar-refractivity contribution is 1.44. The van der Waals surface area contributed by atoms with Crippen LogP contribution in [0.1, 0.15) is 0 Å². The summed E-state index contributed by atoms with van der Waals surface area (Å²) in [7, 11) is -5.40. The zero-order valence-electron chi connectivity index (χ0n) is 31.4. The number of benzene rings is 8. The van der Waals surface area contributed by atoms with Crippen molar-refractivity contribution in [3.8, 4) is 11.1 Å². The van der Waals surface area contributed by atoms with Crippen LogP contribution in [-0.4, -0.2) is 21.1 Å². The summed E-state index contributed by atoms with van der Waals surface area (Å²) in [6.07, 6.45) is 2.01. The third-order valence-corrected chi connectivity index (χ3v) is 22.4. The molecular weight excluding hydrogens is 739 g/mol. The smallest absolute Gasteiger partial charge is 0.179 e. The van der Waals surface area contributed by atoms with Crippen molar-refractivity contribution in [3.05, 3.63) is 237 Å². The van der Waals surface area contributed by atoms with Crippen molar-refractivity contribution < 1.29 is 0 Å². The molecule has 0 aliphatic heterocycles. The van der Waals surface area contributed by atoms with Crippen LogP contribution in [0.4, 0.5) is 0 Å². The monoisotopic (exact) mass is 777 g/mol. The topological polar surface area (TPSA) is 12.9 Å². The molecule has 0 fully saturated rings. The molecule has 4 heteroatoms. The molecule has 0 aliphatic carbocycles. The Bertz CT molecular complexity index is 2740. The van der Waals surface area contributed by atoms with E-state index in [4.69, 9.17) is 4.98 Å². The van der Waals surface area contributed by atoms with Crippen LogP contribution in [0, 0.1) is 0 Å². The number of fused-ring (bicyclic) bond motifs is 3. The first-order valence-corrected chi connectivity index (χ1v) is 24.4. The molecule has 0 saturated heterocycles. The molecule has 2 aromatic heterocycles. The van der Waals surface area contributed by atoms with E-state index in [1.54, 1.807) is 0 Å². The van der Waals surface area contributed by atoms with Crippen LogP contribution >= 0.6 is 11.3 Å². The minimum atomic E-state index is -2.70. The Labute approximate surface area is 340 Å². The number of hydrogen-bond donors (Lipinski definition) is 0. The average molecular weight is 778 g/mol. The van der Waals surface area contributed by atoms with Gasteiger partial charge in [0.2, 0.25) is 0 Å². The number of pyridine rings is 1. The third kappa shape index (κ3) is 5.84. The fourth-order valence-electron chi connectivity index (χ4n) is 9.17. The Balaban J connectivity index is 1.19. The summed E-state index contributed by atoms with van der Waals surface area (Å²) in [5, 5.41) is 12.2. The van der Waals surface area contributed by atoms with Crippen LogP contribution in [-0.2, 0) is 0 Å². The summed E-state index contributed by atoms with van der Waals surface area (Å²) >= 11 is 1.86. The van der Waals surface area contributed by atoms with Crippen LogP contribution in [0.15, 0.2) is 237 Å². The summed E-state index contributed by atoms with van der Waals surface area (Å²) in [6, 6.07) is 85.8. The van der Waals surface area contributed by atoms with Gasteiger partial charge in [0, 0.05) is 21.8 Å². The van der Waals surface area contributed by atoms with Crippen LogP contribution in [0.2, 0.25) is 0 Å². The van der Waals surface area contributed by atoms with E-state index in [0.29, 0.717) is 0 Å². The largest absolute Gasteiger partial charge is 0.255 e. The van der Waals surface area contributed by atoms with Crippen molar-refractivity contribution >= 4 is 89.3 Å². The van der Waals surface area contributed by atoms with E-state index in [-0.39, 0.29) is 0 Å². The second kappa shape index (κ2) is 14.9. The number of nitrogens with zero attached hydrogens (tertiary/aromatic N) is 1. The van der Waals surface area contributed by atoms with E-state index in [9.17, 15) is 0 Å². The van der Waals surface area contributed by atoms with Gasteiger partial charge in [0.15, 0.2) is 16.1 Å². The van der Waals surface area contributed by atoms with Crippen molar-refractivity contribution in [3.63, 3.8) is 0 Å². The zero-order valence-corrected chi connectivity index (χ0v) is 34.2. The highest BCUT2D eigenvalue weighted by Gasteiger charge is 2.43. The summed E-state index contributed by atoms with van der Waals surface area (Å²) in [5.74, 6) is 0. The highest BCUT2D eigenvalue weighted by atomic mass is 32.1. The quantitative estimate of drug-likeness (QED) is 0.108. The maximum Gasteiger partial charge on any atom is 0.179 e. The van der Waals surface area contributed by atoms with Crippen LogP contribution < -0.4 is 41.5 Å². The average Bonchev–Trinajstić information content (AvgIpc) is 3.68. The van der Waals surface area contributed by atoms with Crippen LogP contribution in [0.25, 0.3) is 31.4 Å². The fourth-order valence-corrected chi connectivity index (χ4v) is 19.9. The van der Waals surface area contributed by atoms with Gasteiger partial charge < -0.3 is 0 Å². The van der Waals surface area contributed by atoms with Gasteiger partial charge in [-0.3, -0.25) is 4.98 Å². The first-order valence-electron chi connectivity index (χ1n) is 19.5. The molecule has 0 radical (unpaired) electrons. The first kappa shape index (κ1) is 35.0. The van der Waals surface area contributed by atoms with Gasteiger partial charge >= 0.3 is 0 Å². The molecule has 10 rings (SSSR count).